The normalized spacial score (nSPS) is 49.8. The molecule has 0 aromatic heterocycles. The van der Waals surface area contributed by atoms with Crippen LogP contribution in [0.15, 0.2) is 11.6 Å². The molecule has 0 aromatic carbocycles. The zero-order valence-electron chi connectivity index (χ0n) is 11.6. The van der Waals surface area contributed by atoms with E-state index in [1.165, 1.54) is 0 Å². The Morgan fingerprint density at radius 3 is 2.67 bits per heavy atom. The van der Waals surface area contributed by atoms with Crippen LogP contribution in [0.2, 0.25) is 0 Å². The summed E-state index contributed by atoms with van der Waals surface area (Å²) in [6, 6.07) is 0. The van der Waals surface area contributed by atoms with Crippen LogP contribution in [0.5, 0.6) is 0 Å². The lowest BCUT2D eigenvalue weighted by Crippen LogP contribution is -2.56. The van der Waals surface area contributed by atoms with Crippen molar-refractivity contribution in [2.75, 3.05) is 0 Å². The Morgan fingerprint density at radius 1 is 1.33 bits per heavy atom. The first-order valence-corrected chi connectivity index (χ1v) is 6.94. The summed E-state index contributed by atoms with van der Waals surface area (Å²) in [6.45, 7) is 8.05. The van der Waals surface area contributed by atoms with Crippen molar-refractivity contribution in [2.24, 2.45) is 17.8 Å². The standard InChI is InChI=1S/C15H22O3/c1-8-5-6-12-14(3,4)18-13-9(2)11(16)7-10(8)15(12,13)17/h7-9,12-13,17H,5-6H2,1-4H3/t8-,9-,12-,13-,15+/m1/s1. The minimum atomic E-state index is -0.922. The van der Waals surface area contributed by atoms with Crippen molar-refractivity contribution >= 4 is 5.78 Å². The smallest absolute Gasteiger partial charge is 0.161 e. The highest BCUT2D eigenvalue weighted by atomic mass is 16.5. The van der Waals surface area contributed by atoms with E-state index in [0.29, 0.717) is 0 Å². The minimum Gasteiger partial charge on any atom is -0.382 e. The summed E-state index contributed by atoms with van der Waals surface area (Å²) in [4.78, 5) is 12.1. The molecule has 1 aliphatic heterocycles. The lowest BCUT2D eigenvalue weighted by Gasteiger charge is -2.47. The number of ether oxygens (including phenoxy) is 1. The Morgan fingerprint density at radius 2 is 2.00 bits per heavy atom. The third-order valence-corrected chi connectivity index (χ3v) is 5.32. The van der Waals surface area contributed by atoms with Gasteiger partial charge in [0.15, 0.2) is 5.78 Å². The molecule has 18 heavy (non-hydrogen) atoms. The summed E-state index contributed by atoms with van der Waals surface area (Å²) in [5.74, 6) is 0.244. The lowest BCUT2D eigenvalue weighted by molar-refractivity contribution is -0.134. The topological polar surface area (TPSA) is 46.5 Å². The molecule has 3 aliphatic rings. The predicted molar refractivity (Wildman–Crippen MR) is 68.0 cm³/mol. The van der Waals surface area contributed by atoms with Gasteiger partial charge in [-0.3, -0.25) is 4.79 Å². The fraction of sp³-hybridized carbons (Fsp3) is 0.800. The zero-order valence-corrected chi connectivity index (χ0v) is 11.6. The Hall–Kier alpha value is -0.670. The average Bonchev–Trinajstić information content (AvgIpc) is 2.49. The van der Waals surface area contributed by atoms with Crippen LogP contribution in [-0.4, -0.2) is 28.2 Å². The molecule has 0 radical (unpaired) electrons. The highest BCUT2D eigenvalue weighted by Gasteiger charge is 2.66. The molecule has 0 amide bonds. The Bertz CT molecular complexity index is 437. The third-order valence-electron chi connectivity index (χ3n) is 5.32. The molecule has 1 N–H and O–H groups in total. The summed E-state index contributed by atoms with van der Waals surface area (Å²) in [6.07, 6.45) is 3.33. The van der Waals surface area contributed by atoms with Crippen molar-refractivity contribution in [2.45, 2.75) is 57.8 Å². The van der Waals surface area contributed by atoms with Crippen LogP contribution in [0, 0.1) is 17.8 Å². The van der Waals surface area contributed by atoms with E-state index in [4.69, 9.17) is 4.74 Å². The Kier molecular flexibility index (Phi) is 2.37. The first-order chi connectivity index (χ1) is 8.28. The summed E-state index contributed by atoms with van der Waals surface area (Å²) in [5, 5.41) is 11.2. The maximum Gasteiger partial charge on any atom is 0.161 e. The second kappa shape index (κ2) is 3.45. The molecular weight excluding hydrogens is 228 g/mol. The van der Waals surface area contributed by atoms with Gasteiger partial charge in [0.1, 0.15) is 11.7 Å². The van der Waals surface area contributed by atoms with Crippen LogP contribution in [-0.2, 0) is 9.53 Å². The van der Waals surface area contributed by atoms with E-state index in [0.717, 1.165) is 18.4 Å². The number of rotatable bonds is 0. The first kappa shape index (κ1) is 12.4. The van der Waals surface area contributed by atoms with Crippen LogP contribution in [0.1, 0.15) is 40.5 Å². The molecule has 0 spiro atoms. The van der Waals surface area contributed by atoms with Crippen LogP contribution in [0.3, 0.4) is 0 Å². The van der Waals surface area contributed by atoms with Crippen molar-refractivity contribution in [1.29, 1.82) is 0 Å². The van der Waals surface area contributed by atoms with Gasteiger partial charge in [-0.1, -0.05) is 13.8 Å². The second-order valence-corrected chi connectivity index (χ2v) is 6.79. The zero-order chi connectivity index (χ0) is 13.3. The molecule has 1 heterocycles. The van der Waals surface area contributed by atoms with E-state index in [1.807, 2.05) is 20.8 Å². The SMILES string of the molecule is C[C@@H]1CC[C@@H]2C(C)(C)O[C@@H]3[C@H](C)C(=O)C=C1[C@@]32O. The highest BCUT2D eigenvalue weighted by Crippen LogP contribution is 2.57. The number of ketones is 1. The fourth-order valence-corrected chi connectivity index (χ4v) is 4.30. The van der Waals surface area contributed by atoms with E-state index in [-0.39, 0.29) is 35.2 Å². The van der Waals surface area contributed by atoms with Crippen LogP contribution in [0.25, 0.3) is 0 Å². The first-order valence-electron chi connectivity index (χ1n) is 6.94. The van der Waals surface area contributed by atoms with E-state index < -0.39 is 5.60 Å². The number of aliphatic hydroxyl groups is 1. The second-order valence-electron chi connectivity index (χ2n) is 6.79. The van der Waals surface area contributed by atoms with Gasteiger partial charge in [0, 0.05) is 11.8 Å². The lowest BCUT2D eigenvalue weighted by atomic mass is 9.59. The summed E-state index contributed by atoms with van der Waals surface area (Å²) in [5.41, 5.74) is -0.358. The summed E-state index contributed by atoms with van der Waals surface area (Å²) in [7, 11) is 0. The van der Waals surface area contributed by atoms with Crippen molar-refractivity contribution < 1.29 is 14.6 Å². The number of carbonyl (C=O) groups is 1. The van der Waals surface area contributed by atoms with Gasteiger partial charge in [0.25, 0.3) is 0 Å². The van der Waals surface area contributed by atoms with Gasteiger partial charge in [-0.05, 0) is 44.3 Å². The van der Waals surface area contributed by atoms with Crippen LogP contribution < -0.4 is 0 Å². The number of hydrogen-bond donors (Lipinski definition) is 1. The molecule has 0 aromatic rings. The van der Waals surface area contributed by atoms with E-state index in [9.17, 15) is 9.90 Å². The van der Waals surface area contributed by atoms with Gasteiger partial charge >= 0.3 is 0 Å². The van der Waals surface area contributed by atoms with Crippen molar-refractivity contribution in [3.63, 3.8) is 0 Å². The molecule has 2 fully saturated rings. The van der Waals surface area contributed by atoms with E-state index in [2.05, 4.69) is 6.92 Å². The summed E-state index contributed by atoms with van der Waals surface area (Å²) >= 11 is 0. The quantitative estimate of drug-likeness (QED) is 0.716. The maximum absolute atomic E-state index is 12.1. The number of hydrogen-bond acceptors (Lipinski definition) is 3. The largest absolute Gasteiger partial charge is 0.382 e. The minimum absolute atomic E-state index is 0.102. The van der Waals surface area contributed by atoms with E-state index >= 15 is 0 Å². The number of allylic oxidation sites excluding steroid dienone is 1. The van der Waals surface area contributed by atoms with Crippen molar-refractivity contribution in [3.05, 3.63) is 11.6 Å². The van der Waals surface area contributed by atoms with Crippen molar-refractivity contribution in [1.82, 2.24) is 0 Å². The van der Waals surface area contributed by atoms with E-state index in [1.54, 1.807) is 6.08 Å². The van der Waals surface area contributed by atoms with Gasteiger partial charge < -0.3 is 9.84 Å². The Balaban J connectivity index is 2.18. The summed E-state index contributed by atoms with van der Waals surface area (Å²) < 4.78 is 6.09. The van der Waals surface area contributed by atoms with Crippen molar-refractivity contribution in [3.8, 4) is 0 Å². The fourth-order valence-electron chi connectivity index (χ4n) is 4.30. The Labute approximate surface area is 108 Å². The van der Waals surface area contributed by atoms with Crippen LogP contribution in [0.4, 0.5) is 0 Å². The molecule has 100 valence electrons. The van der Waals surface area contributed by atoms with Gasteiger partial charge in [-0.2, -0.15) is 0 Å². The maximum atomic E-state index is 12.1. The van der Waals surface area contributed by atoms with Gasteiger partial charge in [0.2, 0.25) is 0 Å². The predicted octanol–water partition coefficient (Wildman–Crippen LogP) is 2.09. The molecule has 5 atom stereocenters. The molecular formula is C15H22O3. The molecule has 3 rings (SSSR count). The average molecular weight is 250 g/mol. The van der Waals surface area contributed by atoms with Gasteiger partial charge in [-0.25, -0.2) is 0 Å². The van der Waals surface area contributed by atoms with Gasteiger partial charge in [0.05, 0.1) is 5.60 Å². The molecule has 2 aliphatic carbocycles. The molecule has 1 saturated carbocycles. The monoisotopic (exact) mass is 250 g/mol. The molecule has 0 bridgehead atoms. The highest BCUT2D eigenvalue weighted by molar-refractivity contribution is 5.94. The molecule has 0 unspecified atom stereocenters. The third kappa shape index (κ3) is 1.29. The number of carbonyl (C=O) groups excluding carboxylic acids is 1. The molecule has 3 heteroatoms. The molecule has 1 saturated heterocycles. The van der Waals surface area contributed by atoms with Gasteiger partial charge in [-0.15, -0.1) is 0 Å². The van der Waals surface area contributed by atoms with Crippen LogP contribution >= 0.6 is 0 Å². The molecule has 3 nitrogen and oxygen atoms in total.